The van der Waals surface area contributed by atoms with Crippen LogP contribution >= 0.6 is 11.6 Å². The van der Waals surface area contributed by atoms with Gasteiger partial charge in [-0.2, -0.15) is 0 Å². The molecule has 5 N–H and O–H groups in total. The lowest BCUT2D eigenvalue weighted by Gasteiger charge is -2.17. The fraction of sp³-hybridized carbons (Fsp3) is 0.429. The third-order valence-electron chi connectivity index (χ3n) is 3.80. The van der Waals surface area contributed by atoms with Gasteiger partial charge in [0.05, 0.1) is 10.6 Å². The lowest BCUT2D eigenvalue weighted by atomic mass is 9.95. The third kappa shape index (κ3) is 3.11. The second kappa shape index (κ2) is 6.24. The number of amides is 2. The first-order chi connectivity index (χ1) is 9.52. The number of benzene rings is 1. The first-order valence-corrected chi connectivity index (χ1v) is 7.01. The predicted octanol–water partition coefficient (Wildman–Crippen LogP) is 1.75. The Balaban J connectivity index is 2.12. The average molecular weight is 296 g/mol. The van der Waals surface area contributed by atoms with Gasteiger partial charge in [-0.25, -0.2) is 0 Å². The molecule has 5 nitrogen and oxygen atoms in total. The lowest BCUT2D eigenvalue weighted by molar-refractivity contribution is -0.120. The van der Waals surface area contributed by atoms with Crippen LogP contribution in [0.15, 0.2) is 18.2 Å². The van der Waals surface area contributed by atoms with Gasteiger partial charge >= 0.3 is 0 Å². The molecule has 0 heterocycles. The van der Waals surface area contributed by atoms with E-state index in [2.05, 4.69) is 5.32 Å². The molecule has 1 aromatic rings. The molecule has 108 valence electrons. The van der Waals surface area contributed by atoms with Gasteiger partial charge in [-0.3, -0.25) is 9.59 Å². The molecule has 0 radical (unpaired) electrons. The Morgan fingerprint density at radius 1 is 1.35 bits per heavy atom. The summed E-state index contributed by atoms with van der Waals surface area (Å²) in [7, 11) is 0. The van der Waals surface area contributed by atoms with E-state index in [0.29, 0.717) is 12.2 Å². The number of primary amides is 1. The largest absolute Gasteiger partial charge is 0.366 e. The molecule has 0 saturated heterocycles. The third-order valence-corrected chi connectivity index (χ3v) is 4.13. The highest BCUT2D eigenvalue weighted by atomic mass is 35.5. The summed E-state index contributed by atoms with van der Waals surface area (Å²) in [6.45, 7) is 0.519. The number of hydrogen-bond donors (Lipinski definition) is 3. The summed E-state index contributed by atoms with van der Waals surface area (Å²) in [5, 5.41) is 3.08. The number of nitrogens with two attached hydrogens (primary N) is 2. The Labute approximate surface area is 122 Å². The topological polar surface area (TPSA) is 98.2 Å². The smallest absolute Gasteiger partial charge is 0.250 e. The zero-order chi connectivity index (χ0) is 14.7. The van der Waals surface area contributed by atoms with Gasteiger partial charge in [-0.15, -0.1) is 0 Å². The van der Waals surface area contributed by atoms with Gasteiger partial charge in [-0.05, 0) is 43.5 Å². The molecule has 0 unspecified atom stereocenters. The maximum Gasteiger partial charge on any atom is 0.250 e. The molecule has 6 heteroatoms. The standard InChI is InChI=1S/C14H18ClN3O2/c15-12-5-4-9(6-11(12)13(17)19)18-14(20)10-3-1-2-8(10)7-16/h4-6,8,10H,1-3,7,16H2,(H2,17,19)(H,18,20)/t8-,10-/m1/s1. The Hall–Kier alpha value is -1.59. The van der Waals surface area contributed by atoms with E-state index in [-0.39, 0.29) is 28.3 Å². The monoisotopic (exact) mass is 295 g/mol. The first kappa shape index (κ1) is 14.8. The van der Waals surface area contributed by atoms with Crippen molar-refractivity contribution in [2.24, 2.45) is 23.3 Å². The van der Waals surface area contributed by atoms with E-state index in [0.717, 1.165) is 19.3 Å². The van der Waals surface area contributed by atoms with Crippen LogP contribution in [0.3, 0.4) is 0 Å². The SMILES string of the molecule is NC[C@H]1CCC[C@H]1C(=O)Nc1ccc(Cl)c(C(N)=O)c1. The summed E-state index contributed by atoms with van der Waals surface area (Å²) in [6.07, 6.45) is 2.86. The maximum absolute atomic E-state index is 12.2. The summed E-state index contributed by atoms with van der Waals surface area (Å²) in [5.74, 6) is -0.506. The molecule has 0 spiro atoms. The Bertz CT molecular complexity index is 533. The summed E-state index contributed by atoms with van der Waals surface area (Å²) in [6, 6.07) is 4.69. The zero-order valence-electron chi connectivity index (χ0n) is 11.1. The highest BCUT2D eigenvalue weighted by molar-refractivity contribution is 6.34. The van der Waals surface area contributed by atoms with Gasteiger partial charge in [0.25, 0.3) is 0 Å². The van der Waals surface area contributed by atoms with Gasteiger partial charge < -0.3 is 16.8 Å². The second-order valence-corrected chi connectivity index (χ2v) is 5.49. The van der Waals surface area contributed by atoms with Crippen LogP contribution in [0.4, 0.5) is 5.69 Å². The number of carbonyl (C=O) groups is 2. The van der Waals surface area contributed by atoms with E-state index in [1.807, 2.05) is 0 Å². The molecule has 1 aliphatic rings. The molecule has 1 aliphatic carbocycles. The fourth-order valence-corrected chi connectivity index (χ4v) is 2.90. The predicted molar refractivity (Wildman–Crippen MR) is 78.5 cm³/mol. The summed E-state index contributed by atoms with van der Waals surface area (Å²) in [4.78, 5) is 23.5. The molecule has 1 aromatic carbocycles. The van der Waals surface area contributed by atoms with Crippen LogP contribution in [0.25, 0.3) is 0 Å². The molecule has 2 atom stereocenters. The van der Waals surface area contributed by atoms with E-state index in [1.54, 1.807) is 12.1 Å². The van der Waals surface area contributed by atoms with Crippen LogP contribution in [0.1, 0.15) is 29.6 Å². The first-order valence-electron chi connectivity index (χ1n) is 6.63. The molecule has 2 rings (SSSR count). The Morgan fingerprint density at radius 2 is 2.10 bits per heavy atom. The summed E-state index contributed by atoms with van der Waals surface area (Å²) in [5.41, 5.74) is 11.6. The molecule has 0 aromatic heterocycles. The molecule has 20 heavy (non-hydrogen) atoms. The van der Waals surface area contributed by atoms with Crippen molar-refractivity contribution < 1.29 is 9.59 Å². The minimum Gasteiger partial charge on any atom is -0.366 e. The number of hydrogen-bond acceptors (Lipinski definition) is 3. The van der Waals surface area contributed by atoms with Crippen molar-refractivity contribution in [2.45, 2.75) is 19.3 Å². The molecule has 2 amide bonds. The van der Waals surface area contributed by atoms with Gasteiger partial charge in [0.1, 0.15) is 0 Å². The van der Waals surface area contributed by atoms with E-state index in [1.165, 1.54) is 6.07 Å². The van der Waals surface area contributed by atoms with Gasteiger partial charge in [0.15, 0.2) is 0 Å². The van der Waals surface area contributed by atoms with Crippen molar-refractivity contribution in [3.05, 3.63) is 28.8 Å². The number of rotatable bonds is 4. The van der Waals surface area contributed by atoms with Crippen molar-refractivity contribution in [3.8, 4) is 0 Å². The molecular weight excluding hydrogens is 278 g/mol. The zero-order valence-corrected chi connectivity index (χ0v) is 11.8. The van der Waals surface area contributed by atoms with Gasteiger partial charge in [0.2, 0.25) is 11.8 Å². The van der Waals surface area contributed by atoms with Crippen molar-refractivity contribution in [1.29, 1.82) is 0 Å². The van der Waals surface area contributed by atoms with E-state index in [9.17, 15) is 9.59 Å². The quantitative estimate of drug-likeness (QED) is 0.789. The number of nitrogens with one attached hydrogen (secondary N) is 1. The van der Waals surface area contributed by atoms with Gasteiger partial charge in [-0.1, -0.05) is 18.0 Å². The Kier molecular flexibility index (Phi) is 4.62. The van der Waals surface area contributed by atoms with Crippen molar-refractivity contribution in [3.63, 3.8) is 0 Å². The molecule has 0 bridgehead atoms. The van der Waals surface area contributed by atoms with E-state index in [4.69, 9.17) is 23.1 Å². The van der Waals surface area contributed by atoms with Crippen molar-refractivity contribution >= 4 is 29.1 Å². The summed E-state index contributed by atoms with van der Waals surface area (Å²) < 4.78 is 0. The van der Waals surface area contributed by atoms with Crippen LogP contribution < -0.4 is 16.8 Å². The molecular formula is C14H18ClN3O2. The number of halogens is 1. The molecule has 1 saturated carbocycles. The average Bonchev–Trinajstić information content (AvgIpc) is 2.89. The van der Waals surface area contributed by atoms with E-state index < -0.39 is 5.91 Å². The van der Waals surface area contributed by atoms with Crippen LogP contribution in [-0.2, 0) is 4.79 Å². The molecule has 0 aliphatic heterocycles. The normalized spacial score (nSPS) is 21.7. The van der Waals surface area contributed by atoms with Crippen LogP contribution in [0.2, 0.25) is 5.02 Å². The van der Waals surface area contributed by atoms with Crippen molar-refractivity contribution in [1.82, 2.24) is 0 Å². The summed E-state index contributed by atoms with van der Waals surface area (Å²) >= 11 is 5.87. The lowest BCUT2D eigenvalue weighted by Crippen LogP contribution is -2.29. The number of anilines is 1. The second-order valence-electron chi connectivity index (χ2n) is 5.08. The number of carbonyl (C=O) groups excluding carboxylic acids is 2. The van der Waals surface area contributed by atoms with Crippen LogP contribution in [0.5, 0.6) is 0 Å². The minimum absolute atomic E-state index is 0.0595. The van der Waals surface area contributed by atoms with Crippen molar-refractivity contribution in [2.75, 3.05) is 11.9 Å². The highest BCUT2D eigenvalue weighted by Gasteiger charge is 2.31. The minimum atomic E-state index is -0.619. The maximum atomic E-state index is 12.2. The van der Waals surface area contributed by atoms with Crippen LogP contribution in [-0.4, -0.2) is 18.4 Å². The highest BCUT2D eigenvalue weighted by Crippen LogP contribution is 2.32. The van der Waals surface area contributed by atoms with Gasteiger partial charge in [0, 0.05) is 11.6 Å². The van der Waals surface area contributed by atoms with E-state index >= 15 is 0 Å². The Morgan fingerprint density at radius 3 is 2.75 bits per heavy atom. The molecule has 1 fully saturated rings. The van der Waals surface area contributed by atoms with Crippen LogP contribution in [0, 0.1) is 11.8 Å². The fourth-order valence-electron chi connectivity index (χ4n) is 2.69.